The van der Waals surface area contributed by atoms with Gasteiger partial charge in [-0.1, -0.05) is 0 Å². The third-order valence-corrected chi connectivity index (χ3v) is 6.78. The molecule has 0 spiro atoms. The summed E-state index contributed by atoms with van der Waals surface area (Å²) in [6.07, 6.45) is 3.09. The van der Waals surface area contributed by atoms with Crippen LogP contribution in [-0.4, -0.2) is 59.5 Å². The van der Waals surface area contributed by atoms with Crippen molar-refractivity contribution in [3.8, 4) is 0 Å². The van der Waals surface area contributed by atoms with E-state index in [1.165, 1.54) is 4.31 Å². The van der Waals surface area contributed by atoms with Crippen LogP contribution >= 0.6 is 0 Å². The van der Waals surface area contributed by atoms with Crippen molar-refractivity contribution in [2.45, 2.75) is 37.0 Å². The van der Waals surface area contributed by atoms with Gasteiger partial charge in [-0.05, 0) is 37.5 Å². The largest absolute Gasteiger partial charge is 0.396 e. The number of imidazole rings is 1. The van der Waals surface area contributed by atoms with Crippen molar-refractivity contribution in [3.63, 3.8) is 0 Å². The van der Waals surface area contributed by atoms with Crippen LogP contribution < -0.4 is 5.32 Å². The fourth-order valence-corrected chi connectivity index (χ4v) is 4.85. The highest BCUT2D eigenvalue weighted by Crippen LogP contribution is 2.25. The number of rotatable bonds is 8. The fraction of sp³-hybridized carbons (Fsp3) is 0.556. The van der Waals surface area contributed by atoms with Crippen molar-refractivity contribution in [2.24, 2.45) is 7.05 Å². The molecule has 0 radical (unpaired) electrons. The van der Waals surface area contributed by atoms with Crippen molar-refractivity contribution in [1.29, 1.82) is 0 Å². The molecule has 148 valence electrons. The molecule has 3 rings (SSSR count). The summed E-state index contributed by atoms with van der Waals surface area (Å²) in [6.45, 7) is 1.64. The molecule has 1 saturated heterocycles. The summed E-state index contributed by atoms with van der Waals surface area (Å²) in [5.41, 5.74) is 1.46. The zero-order valence-corrected chi connectivity index (χ0v) is 16.3. The number of fused-ring (bicyclic) bond motifs is 1. The van der Waals surface area contributed by atoms with Crippen molar-refractivity contribution in [1.82, 2.24) is 19.2 Å². The van der Waals surface area contributed by atoms with E-state index in [0.29, 0.717) is 44.4 Å². The monoisotopic (exact) mass is 394 g/mol. The van der Waals surface area contributed by atoms with E-state index in [9.17, 15) is 13.2 Å². The second kappa shape index (κ2) is 8.37. The van der Waals surface area contributed by atoms with E-state index >= 15 is 0 Å². The van der Waals surface area contributed by atoms with Gasteiger partial charge in [-0.15, -0.1) is 0 Å². The molecule has 1 aromatic heterocycles. The van der Waals surface area contributed by atoms with Gasteiger partial charge in [-0.3, -0.25) is 4.79 Å². The Morgan fingerprint density at radius 1 is 1.30 bits per heavy atom. The number of carbonyl (C=O) groups excluding carboxylic acids is 1. The normalized spacial score (nSPS) is 15.5. The quantitative estimate of drug-likeness (QED) is 0.644. The first kappa shape index (κ1) is 19.8. The van der Waals surface area contributed by atoms with Gasteiger partial charge in [0.1, 0.15) is 5.82 Å². The lowest BCUT2D eigenvalue weighted by atomic mass is 10.2. The standard InChI is InChI=1S/C18H26N4O4S/c1-21-16-6-5-14(27(25,26)22-10-2-3-11-22)13-15(16)20-17(21)7-8-18(24)19-9-4-12-23/h5-6,13,23H,2-4,7-12H2,1H3,(H,19,24). The highest BCUT2D eigenvalue weighted by Gasteiger charge is 2.27. The number of sulfonamides is 1. The van der Waals surface area contributed by atoms with Gasteiger partial charge >= 0.3 is 0 Å². The number of hydrogen-bond donors (Lipinski definition) is 2. The molecule has 0 unspecified atom stereocenters. The number of aromatic nitrogens is 2. The van der Waals surface area contributed by atoms with Crippen LogP contribution in [0.3, 0.4) is 0 Å². The molecule has 8 nitrogen and oxygen atoms in total. The Labute approximate surface area is 159 Å². The number of nitrogens with one attached hydrogen (secondary N) is 1. The molecule has 2 aromatic rings. The number of aryl methyl sites for hydroxylation is 2. The van der Waals surface area contributed by atoms with Gasteiger partial charge < -0.3 is 15.0 Å². The molecule has 0 bridgehead atoms. The summed E-state index contributed by atoms with van der Waals surface area (Å²) in [4.78, 5) is 16.6. The van der Waals surface area contributed by atoms with Crippen LogP contribution in [0.5, 0.6) is 0 Å². The molecule has 27 heavy (non-hydrogen) atoms. The summed E-state index contributed by atoms with van der Waals surface area (Å²) in [6, 6.07) is 5.02. The van der Waals surface area contributed by atoms with Crippen molar-refractivity contribution in [2.75, 3.05) is 26.2 Å². The Bertz CT molecular complexity index is 917. The Kier molecular flexibility index (Phi) is 6.13. The molecule has 0 atom stereocenters. The van der Waals surface area contributed by atoms with E-state index < -0.39 is 10.0 Å². The molecular formula is C18H26N4O4S. The number of carbonyl (C=O) groups is 1. The molecule has 0 aliphatic carbocycles. The average molecular weight is 394 g/mol. The predicted molar refractivity (Wildman–Crippen MR) is 102 cm³/mol. The number of hydrogen-bond acceptors (Lipinski definition) is 5. The molecule has 0 saturated carbocycles. The third kappa shape index (κ3) is 4.31. The van der Waals surface area contributed by atoms with Gasteiger partial charge in [0.15, 0.2) is 0 Å². The number of benzene rings is 1. The molecule has 2 N–H and O–H groups in total. The second-order valence-corrected chi connectivity index (χ2v) is 8.71. The SMILES string of the molecule is Cn1c(CCC(=O)NCCCO)nc2cc(S(=O)(=O)N3CCCC3)ccc21. The molecule has 1 aromatic carbocycles. The minimum atomic E-state index is -3.47. The van der Waals surface area contributed by atoms with E-state index in [1.807, 2.05) is 11.6 Å². The summed E-state index contributed by atoms with van der Waals surface area (Å²) in [5.74, 6) is 0.644. The lowest BCUT2D eigenvalue weighted by Crippen LogP contribution is -2.27. The van der Waals surface area contributed by atoms with Crippen LogP contribution in [0.4, 0.5) is 0 Å². The zero-order valence-electron chi connectivity index (χ0n) is 15.5. The molecule has 2 heterocycles. The molecule has 1 aliphatic heterocycles. The Morgan fingerprint density at radius 2 is 2.04 bits per heavy atom. The first-order valence-corrected chi connectivity index (χ1v) is 10.7. The van der Waals surface area contributed by atoms with Crippen LogP contribution in [0.15, 0.2) is 23.1 Å². The number of aliphatic hydroxyl groups is 1. The molecule has 1 aliphatic rings. The average Bonchev–Trinajstić information content (AvgIpc) is 3.29. The van der Waals surface area contributed by atoms with Gasteiger partial charge in [-0.25, -0.2) is 13.4 Å². The van der Waals surface area contributed by atoms with Gasteiger partial charge in [0.05, 0.1) is 15.9 Å². The zero-order chi connectivity index (χ0) is 19.4. The lowest BCUT2D eigenvalue weighted by Gasteiger charge is -2.15. The first-order valence-electron chi connectivity index (χ1n) is 9.26. The van der Waals surface area contributed by atoms with Crippen LogP contribution in [-0.2, 0) is 28.3 Å². The van der Waals surface area contributed by atoms with Crippen molar-refractivity contribution < 1.29 is 18.3 Å². The van der Waals surface area contributed by atoms with E-state index in [0.717, 1.165) is 24.2 Å². The van der Waals surface area contributed by atoms with Crippen LogP contribution in [0.25, 0.3) is 11.0 Å². The number of nitrogens with zero attached hydrogens (tertiary/aromatic N) is 3. The smallest absolute Gasteiger partial charge is 0.243 e. The molecular weight excluding hydrogens is 368 g/mol. The Balaban J connectivity index is 1.75. The third-order valence-electron chi connectivity index (χ3n) is 4.88. The van der Waals surface area contributed by atoms with E-state index in [-0.39, 0.29) is 17.4 Å². The maximum absolute atomic E-state index is 12.7. The van der Waals surface area contributed by atoms with Crippen LogP contribution in [0.2, 0.25) is 0 Å². The van der Waals surface area contributed by atoms with Crippen LogP contribution in [0.1, 0.15) is 31.5 Å². The number of aliphatic hydroxyl groups excluding tert-OH is 1. The summed E-state index contributed by atoms with van der Waals surface area (Å²) in [7, 11) is -1.61. The van der Waals surface area contributed by atoms with Crippen LogP contribution in [0, 0.1) is 0 Å². The van der Waals surface area contributed by atoms with Crippen molar-refractivity contribution >= 4 is 27.0 Å². The summed E-state index contributed by atoms with van der Waals surface area (Å²) >= 11 is 0. The van der Waals surface area contributed by atoms with Gasteiger partial charge in [-0.2, -0.15) is 4.31 Å². The maximum atomic E-state index is 12.7. The first-order chi connectivity index (χ1) is 12.9. The molecule has 1 fully saturated rings. The van der Waals surface area contributed by atoms with Gasteiger partial charge in [0.2, 0.25) is 15.9 Å². The lowest BCUT2D eigenvalue weighted by molar-refractivity contribution is -0.121. The maximum Gasteiger partial charge on any atom is 0.243 e. The minimum absolute atomic E-state index is 0.0493. The number of amides is 1. The summed E-state index contributed by atoms with van der Waals surface area (Å²) in [5, 5.41) is 11.5. The van der Waals surface area contributed by atoms with Crippen molar-refractivity contribution in [3.05, 3.63) is 24.0 Å². The van der Waals surface area contributed by atoms with Gasteiger partial charge in [0.25, 0.3) is 0 Å². The second-order valence-electron chi connectivity index (χ2n) is 6.78. The van der Waals surface area contributed by atoms with E-state index in [4.69, 9.17) is 5.11 Å². The topological polar surface area (TPSA) is 105 Å². The molecule has 1 amide bonds. The molecule has 9 heteroatoms. The minimum Gasteiger partial charge on any atom is -0.396 e. The highest BCUT2D eigenvalue weighted by molar-refractivity contribution is 7.89. The summed E-state index contributed by atoms with van der Waals surface area (Å²) < 4.78 is 28.9. The highest BCUT2D eigenvalue weighted by atomic mass is 32.2. The predicted octanol–water partition coefficient (Wildman–Crippen LogP) is 0.789. The Hall–Kier alpha value is -1.97. The Morgan fingerprint density at radius 3 is 2.74 bits per heavy atom. The van der Waals surface area contributed by atoms with E-state index in [2.05, 4.69) is 10.3 Å². The van der Waals surface area contributed by atoms with E-state index in [1.54, 1.807) is 18.2 Å². The van der Waals surface area contributed by atoms with Gasteiger partial charge in [0, 0.05) is 46.1 Å². The fourth-order valence-electron chi connectivity index (χ4n) is 3.31.